The molecule has 0 saturated heterocycles. The standard InChI is InChI=1S/C12H13N3O/c1-7-10(12(14)16)6-11(15-7)8-3-2-4-9(13)5-8/h2-6,15H,13H2,1H3,(H2,14,16). The fraction of sp³-hybridized carbons (Fsp3) is 0.0833. The van der Waals surface area contributed by atoms with E-state index in [4.69, 9.17) is 11.5 Å². The highest BCUT2D eigenvalue weighted by molar-refractivity contribution is 5.95. The molecule has 0 fully saturated rings. The van der Waals surface area contributed by atoms with Crippen LogP contribution in [-0.2, 0) is 0 Å². The van der Waals surface area contributed by atoms with Crippen molar-refractivity contribution in [2.24, 2.45) is 5.73 Å². The largest absolute Gasteiger partial charge is 0.399 e. The molecule has 1 aromatic carbocycles. The van der Waals surface area contributed by atoms with Crippen molar-refractivity contribution in [1.82, 2.24) is 4.98 Å². The van der Waals surface area contributed by atoms with Crippen molar-refractivity contribution in [3.05, 3.63) is 41.6 Å². The first-order chi connectivity index (χ1) is 7.58. The van der Waals surface area contributed by atoms with E-state index in [1.807, 2.05) is 31.2 Å². The number of rotatable bonds is 2. The van der Waals surface area contributed by atoms with E-state index in [0.29, 0.717) is 11.3 Å². The third-order valence-corrected chi connectivity index (χ3v) is 2.48. The highest BCUT2D eigenvalue weighted by Gasteiger charge is 2.10. The summed E-state index contributed by atoms with van der Waals surface area (Å²) in [5.74, 6) is -0.427. The Hall–Kier alpha value is -2.23. The van der Waals surface area contributed by atoms with Crippen molar-refractivity contribution in [1.29, 1.82) is 0 Å². The van der Waals surface area contributed by atoms with Gasteiger partial charge < -0.3 is 16.5 Å². The molecule has 0 aliphatic carbocycles. The molecule has 0 bridgehead atoms. The number of nitrogens with one attached hydrogen (secondary N) is 1. The lowest BCUT2D eigenvalue weighted by Crippen LogP contribution is -2.10. The Morgan fingerprint density at radius 3 is 2.62 bits per heavy atom. The Morgan fingerprint density at radius 1 is 1.31 bits per heavy atom. The summed E-state index contributed by atoms with van der Waals surface area (Å²) in [5.41, 5.74) is 14.7. The molecular formula is C12H13N3O. The minimum absolute atomic E-state index is 0.427. The van der Waals surface area contributed by atoms with Gasteiger partial charge in [0.15, 0.2) is 0 Å². The van der Waals surface area contributed by atoms with E-state index < -0.39 is 5.91 Å². The van der Waals surface area contributed by atoms with Crippen LogP contribution in [-0.4, -0.2) is 10.9 Å². The van der Waals surface area contributed by atoms with Gasteiger partial charge in [0, 0.05) is 17.1 Å². The maximum absolute atomic E-state index is 11.1. The van der Waals surface area contributed by atoms with Gasteiger partial charge in [0.05, 0.1) is 5.56 Å². The number of benzene rings is 1. The Kier molecular flexibility index (Phi) is 2.40. The summed E-state index contributed by atoms with van der Waals surface area (Å²) in [6, 6.07) is 9.19. The first-order valence-corrected chi connectivity index (χ1v) is 4.93. The van der Waals surface area contributed by atoms with Crippen molar-refractivity contribution in [3.8, 4) is 11.3 Å². The first kappa shape index (κ1) is 10.3. The van der Waals surface area contributed by atoms with Crippen LogP contribution in [0.2, 0.25) is 0 Å². The molecule has 5 N–H and O–H groups in total. The monoisotopic (exact) mass is 215 g/mol. The molecule has 0 spiro atoms. The van der Waals surface area contributed by atoms with Gasteiger partial charge >= 0.3 is 0 Å². The minimum Gasteiger partial charge on any atom is -0.399 e. The average molecular weight is 215 g/mol. The molecule has 4 nitrogen and oxygen atoms in total. The zero-order valence-corrected chi connectivity index (χ0v) is 8.95. The number of primary amides is 1. The zero-order chi connectivity index (χ0) is 11.7. The number of H-pyrrole nitrogens is 1. The minimum atomic E-state index is -0.427. The zero-order valence-electron chi connectivity index (χ0n) is 8.95. The molecule has 0 radical (unpaired) electrons. The summed E-state index contributed by atoms with van der Waals surface area (Å²) in [7, 11) is 0. The van der Waals surface area contributed by atoms with Crippen LogP contribution in [0.3, 0.4) is 0 Å². The van der Waals surface area contributed by atoms with Crippen molar-refractivity contribution >= 4 is 11.6 Å². The molecule has 1 heterocycles. The molecule has 0 aliphatic rings. The number of carbonyl (C=O) groups is 1. The van der Waals surface area contributed by atoms with Crippen LogP contribution in [0.15, 0.2) is 30.3 Å². The van der Waals surface area contributed by atoms with Crippen LogP contribution >= 0.6 is 0 Å². The smallest absolute Gasteiger partial charge is 0.250 e. The van der Waals surface area contributed by atoms with Gasteiger partial charge in [-0.15, -0.1) is 0 Å². The maximum Gasteiger partial charge on any atom is 0.250 e. The third-order valence-electron chi connectivity index (χ3n) is 2.48. The van der Waals surface area contributed by atoms with Gasteiger partial charge in [-0.1, -0.05) is 12.1 Å². The van der Waals surface area contributed by atoms with E-state index in [9.17, 15) is 4.79 Å². The quantitative estimate of drug-likeness (QED) is 0.666. The molecule has 2 rings (SSSR count). The molecule has 1 amide bonds. The fourth-order valence-electron chi connectivity index (χ4n) is 1.68. The number of anilines is 1. The van der Waals surface area contributed by atoms with E-state index in [-0.39, 0.29) is 0 Å². The highest BCUT2D eigenvalue weighted by atomic mass is 16.1. The molecular weight excluding hydrogens is 202 g/mol. The van der Waals surface area contributed by atoms with Gasteiger partial charge in [0.1, 0.15) is 0 Å². The van der Waals surface area contributed by atoms with Gasteiger partial charge in [0.25, 0.3) is 5.91 Å². The summed E-state index contributed by atoms with van der Waals surface area (Å²) < 4.78 is 0. The Labute approximate surface area is 93.3 Å². The number of aromatic amines is 1. The van der Waals surface area contributed by atoms with E-state index in [1.54, 1.807) is 6.07 Å². The Balaban J connectivity index is 2.49. The van der Waals surface area contributed by atoms with Gasteiger partial charge in [-0.2, -0.15) is 0 Å². The SMILES string of the molecule is Cc1[nH]c(-c2cccc(N)c2)cc1C(N)=O. The number of nitrogen functional groups attached to an aromatic ring is 1. The molecule has 0 saturated carbocycles. The van der Waals surface area contributed by atoms with Crippen LogP contribution in [0.25, 0.3) is 11.3 Å². The maximum atomic E-state index is 11.1. The lowest BCUT2D eigenvalue weighted by molar-refractivity contribution is 0.1000. The van der Waals surface area contributed by atoms with Crippen molar-refractivity contribution in [3.63, 3.8) is 0 Å². The van der Waals surface area contributed by atoms with Gasteiger partial charge in [-0.05, 0) is 30.7 Å². The molecule has 2 aromatic rings. The van der Waals surface area contributed by atoms with Crippen molar-refractivity contribution in [2.75, 3.05) is 5.73 Å². The van der Waals surface area contributed by atoms with Crippen molar-refractivity contribution in [2.45, 2.75) is 6.92 Å². The fourth-order valence-corrected chi connectivity index (χ4v) is 1.68. The first-order valence-electron chi connectivity index (χ1n) is 4.93. The molecule has 0 atom stereocenters. The topological polar surface area (TPSA) is 84.9 Å². The number of carbonyl (C=O) groups excluding carboxylic acids is 1. The van der Waals surface area contributed by atoms with E-state index in [1.165, 1.54) is 0 Å². The molecule has 82 valence electrons. The van der Waals surface area contributed by atoms with Crippen LogP contribution in [0.5, 0.6) is 0 Å². The number of hydrogen-bond donors (Lipinski definition) is 3. The van der Waals surface area contributed by atoms with Gasteiger partial charge in [0.2, 0.25) is 0 Å². The predicted octanol–water partition coefficient (Wildman–Crippen LogP) is 1.67. The Bertz CT molecular complexity index is 543. The second kappa shape index (κ2) is 3.73. The summed E-state index contributed by atoms with van der Waals surface area (Å²) in [4.78, 5) is 14.2. The average Bonchev–Trinajstić information content (AvgIpc) is 2.60. The summed E-state index contributed by atoms with van der Waals surface area (Å²) in [5, 5.41) is 0. The van der Waals surface area contributed by atoms with E-state index in [2.05, 4.69) is 4.98 Å². The number of aromatic nitrogens is 1. The van der Waals surface area contributed by atoms with Crippen molar-refractivity contribution < 1.29 is 4.79 Å². The van der Waals surface area contributed by atoms with Crippen LogP contribution in [0.4, 0.5) is 5.69 Å². The lowest BCUT2D eigenvalue weighted by Gasteiger charge is -1.98. The second-order valence-corrected chi connectivity index (χ2v) is 3.71. The van der Waals surface area contributed by atoms with Crippen LogP contribution in [0, 0.1) is 6.92 Å². The summed E-state index contributed by atoms with van der Waals surface area (Å²) >= 11 is 0. The lowest BCUT2D eigenvalue weighted by atomic mass is 10.1. The Morgan fingerprint density at radius 2 is 2.06 bits per heavy atom. The number of hydrogen-bond acceptors (Lipinski definition) is 2. The van der Waals surface area contributed by atoms with Crippen LogP contribution in [0.1, 0.15) is 16.1 Å². The molecule has 16 heavy (non-hydrogen) atoms. The highest BCUT2D eigenvalue weighted by Crippen LogP contribution is 2.23. The second-order valence-electron chi connectivity index (χ2n) is 3.71. The number of nitrogens with two attached hydrogens (primary N) is 2. The van der Waals surface area contributed by atoms with E-state index >= 15 is 0 Å². The van der Waals surface area contributed by atoms with Gasteiger partial charge in [-0.3, -0.25) is 4.79 Å². The number of aryl methyl sites for hydroxylation is 1. The predicted molar refractivity (Wildman–Crippen MR) is 63.9 cm³/mol. The molecule has 1 aromatic heterocycles. The third kappa shape index (κ3) is 1.77. The molecule has 4 heteroatoms. The van der Waals surface area contributed by atoms with Gasteiger partial charge in [-0.25, -0.2) is 0 Å². The molecule has 0 aliphatic heterocycles. The number of amides is 1. The van der Waals surface area contributed by atoms with E-state index in [0.717, 1.165) is 17.0 Å². The molecule has 0 unspecified atom stereocenters. The normalized spacial score (nSPS) is 10.3. The summed E-state index contributed by atoms with van der Waals surface area (Å²) in [6.07, 6.45) is 0. The van der Waals surface area contributed by atoms with Crippen LogP contribution < -0.4 is 11.5 Å². The summed E-state index contributed by atoms with van der Waals surface area (Å²) in [6.45, 7) is 1.82.